The number of carbonyl (C=O) groups excluding carboxylic acids is 2. The lowest BCUT2D eigenvalue weighted by molar-refractivity contribution is -0.566. The number of nitrogens with zero attached hydrogens (tertiary/aromatic N) is 1. The molecule has 0 aromatic heterocycles. The predicted octanol–water partition coefficient (Wildman–Crippen LogP) is 0.980. The van der Waals surface area contributed by atoms with Gasteiger partial charge in [-0.2, -0.15) is 0 Å². The van der Waals surface area contributed by atoms with Crippen molar-refractivity contribution in [2.75, 3.05) is 0 Å². The van der Waals surface area contributed by atoms with Crippen LogP contribution in [0.1, 0.15) is 33.6 Å². The smallest absolute Gasteiger partial charge is 0.290 e. The van der Waals surface area contributed by atoms with Crippen LogP contribution in [0, 0.1) is 20.9 Å². The Bertz CT molecular complexity index is 400. The van der Waals surface area contributed by atoms with E-state index in [1.807, 2.05) is 0 Å². The predicted molar refractivity (Wildman–Crippen MR) is 50.9 cm³/mol. The monoisotopic (exact) mass is 211 g/mol. The summed E-state index contributed by atoms with van der Waals surface area (Å²) < 4.78 is 0. The van der Waals surface area contributed by atoms with Crippen molar-refractivity contribution < 1.29 is 14.5 Å². The van der Waals surface area contributed by atoms with Gasteiger partial charge in [0.05, 0.1) is 5.41 Å². The number of hydrogen-bond donors (Lipinski definition) is 0. The molecule has 0 heterocycles. The number of fused-ring (bicyclic) bond motifs is 2. The van der Waals surface area contributed by atoms with E-state index >= 15 is 0 Å². The molecule has 2 bridgehead atoms. The Balaban J connectivity index is 2.73. The van der Waals surface area contributed by atoms with Gasteiger partial charge in [0, 0.05) is 16.8 Å². The van der Waals surface area contributed by atoms with Crippen molar-refractivity contribution in [2.24, 2.45) is 10.8 Å². The molecule has 2 atom stereocenters. The van der Waals surface area contributed by atoms with Gasteiger partial charge in [-0.15, -0.1) is 0 Å². The van der Waals surface area contributed by atoms with Gasteiger partial charge >= 0.3 is 0 Å². The maximum Gasteiger partial charge on any atom is 0.292 e. The van der Waals surface area contributed by atoms with Crippen LogP contribution in [-0.2, 0) is 9.59 Å². The molecule has 0 aromatic rings. The Labute approximate surface area is 87.0 Å². The lowest BCUT2D eigenvalue weighted by Crippen LogP contribution is -2.51. The van der Waals surface area contributed by atoms with Crippen molar-refractivity contribution in [1.82, 2.24) is 0 Å². The van der Waals surface area contributed by atoms with Crippen LogP contribution in [0.15, 0.2) is 0 Å². The molecule has 0 spiro atoms. The summed E-state index contributed by atoms with van der Waals surface area (Å²) in [6.07, 6.45) is 0.625. The first-order chi connectivity index (χ1) is 6.72. The maximum absolute atomic E-state index is 11.8. The molecule has 2 rings (SSSR count). The summed E-state index contributed by atoms with van der Waals surface area (Å²) in [5, 5.41) is 11.1. The lowest BCUT2D eigenvalue weighted by Gasteiger charge is -2.31. The van der Waals surface area contributed by atoms with Crippen LogP contribution >= 0.6 is 0 Å². The quantitative estimate of drug-likeness (QED) is 0.368. The van der Waals surface area contributed by atoms with Gasteiger partial charge in [-0.3, -0.25) is 19.7 Å². The van der Waals surface area contributed by atoms with E-state index in [1.165, 1.54) is 0 Å². The summed E-state index contributed by atoms with van der Waals surface area (Å²) >= 11 is 0. The summed E-state index contributed by atoms with van der Waals surface area (Å²) in [5.41, 5.74) is -3.40. The number of rotatable bonds is 1. The van der Waals surface area contributed by atoms with E-state index in [1.54, 1.807) is 20.8 Å². The third-order valence-corrected chi connectivity index (χ3v) is 4.79. The summed E-state index contributed by atoms with van der Waals surface area (Å²) in [5.74, 6) is -1.36. The van der Waals surface area contributed by atoms with Gasteiger partial charge in [0.15, 0.2) is 0 Å². The third-order valence-electron chi connectivity index (χ3n) is 4.79. The largest absolute Gasteiger partial charge is 0.292 e. The number of Topliss-reactive ketones (excluding diaryl/α,β-unsaturated/α-hetero) is 2. The number of hydrogen-bond acceptors (Lipinski definition) is 4. The summed E-state index contributed by atoms with van der Waals surface area (Å²) in [4.78, 5) is 34.1. The second-order valence-electron chi connectivity index (χ2n) is 5.23. The zero-order chi connectivity index (χ0) is 11.6. The normalized spacial score (nSPS) is 42.3. The fraction of sp³-hybridized carbons (Fsp3) is 0.800. The number of ketones is 2. The molecule has 0 unspecified atom stereocenters. The number of nitro groups is 1. The van der Waals surface area contributed by atoms with Crippen molar-refractivity contribution in [3.05, 3.63) is 10.1 Å². The van der Waals surface area contributed by atoms with Crippen LogP contribution in [-0.4, -0.2) is 22.0 Å². The average molecular weight is 211 g/mol. The second-order valence-corrected chi connectivity index (χ2v) is 5.23. The molecule has 2 aliphatic carbocycles. The molecule has 15 heavy (non-hydrogen) atoms. The highest BCUT2D eigenvalue weighted by Crippen LogP contribution is 2.65. The molecule has 2 saturated carbocycles. The topological polar surface area (TPSA) is 77.3 Å². The molecule has 0 N–H and O–H groups in total. The van der Waals surface area contributed by atoms with Crippen molar-refractivity contribution in [2.45, 2.75) is 39.2 Å². The minimum Gasteiger partial charge on any atom is -0.290 e. The average Bonchev–Trinajstić information content (AvgIpc) is 2.39. The van der Waals surface area contributed by atoms with Crippen molar-refractivity contribution in [3.63, 3.8) is 0 Å². The molecule has 0 aliphatic heterocycles. The van der Waals surface area contributed by atoms with Gasteiger partial charge in [0.1, 0.15) is 0 Å². The Morgan fingerprint density at radius 1 is 1.13 bits per heavy atom. The van der Waals surface area contributed by atoms with Crippen molar-refractivity contribution in [1.29, 1.82) is 0 Å². The highest BCUT2D eigenvalue weighted by atomic mass is 16.6. The van der Waals surface area contributed by atoms with E-state index < -0.39 is 32.9 Å². The van der Waals surface area contributed by atoms with E-state index in [2.05, 4.69) is 0 Å². The van der Waals surface area contributed by atoms with Gasteiger partial charge in [0.25, 0.3) is 11.3 Å². The fourth-order valence-corrected chi connectivity index (χ4v) is 3.15. The molecule has 82 valence electrons. The first-order valence-electron chi connectivity index (χ1n) is 4.95. The van der Waals surface area contributed by atoms with Crippen LogP contribution in [0.25, 0.3) is 0 Å². The molecule has 5 nitrogen and oxygen atoms in total. The molecule has 0 saturated heterocycles. The first-order valence-corrected chi connectivity index (χ1v) is 4.95. The van der Waals surface area contributed by atoms with Crippen LogP contribution in [0.4, 0.5) is 0 Å². The zero-order valence-corrected chi connectivity index (χ0v) is 8.99. The van der Waals surface area contributed by atoms with E-state index in [-0.39, 0.29) is 6.42 Å². The minimum absolute atomic E-state index is 0.189. The van der Waals surface area contributed by atoms with Crippen LogP contribution < -0.4 is 0 Å². The third kappa shape index (κ3) is 0.702. The Kier molecular flexibility index (Phi) is 1.56. The Morgan fingerprint density at radius 3 is 1.93 bits per heavy atom. The van der Waals surface area contributed by atoms with Crippen molar-refractivity contribution >= 4 is 11.6 Å². The standard InChI is InChI=1S/C10H13NO4/c1-8(2)9(3)4-5-10(8,11(14)15)7(13)6(9)12/h4-5H2,1-3H3/t9-,10-/m0/s1. The minimum atomic E-state index is -1.67. The van der Waals surface area contributed by atoms with Crippen molar-refractivity contribution in [3.8, 4) is 0 Å². The number of carbonyl (C=O) groups is 2. The summed E-state index contributed by atoms with van der Waals surface area (Å²) in [6, 6.07) is 0. The van der Waals surface area contributed by atoms with Crippen LogP contribution in [0.5, 0.6) is 0 Å². The van der Waals surface area contributed by atoms with Gasteiger partial charge in [-0.25, -0.2) is 0 Å². The second kappa shape index (κ2) is 2.28. The Hall–Kier alpha value is -1.26. The molecular formula is C10H13NO4. The highest BCUT2D eigenvalue weighted by molar-refractivity contribution is 6.45. The summed E-state index contributed by atoms with van der Waals surface area (Å²) in [7, 11) is 0. The summed E-state index contributed by atoms with van der Waals surface area (Å²) in [6.45, 7) is 4.99. The van der Waals surface area contributed by atoms with Crippen LogP contribution in [0.2, 0.25) is 0 Å². The molecular weight excluding hydrogens is 198 g/mol. The van der Waals surface area contributed by atoms with E-state index in [4.69, 9.17) is 0 Å². The Morgan fingerprint density at radius 2 is 1.67 bits per heavy atom. The van der Waals surface area contributed by atoms with E-state index in [0.29, 0.717) is 6.42 Å². The van der Waals surface area contributed by atoms with Gasteiger partial charge < -0.3 is 0 Å². The van der Waals surface area contributed by atoms with Crippen LogP contribution in [0.3, 0.4) is 0 Å². The highest BCUT2D eigenvalue weighted by Gasteiger charge is 2.82. The first kappa shape index (κ1) is 10.3. The molecule has 0 amide bonds. The van der Waals surface area contributed by atoms with Gasteiger partial charge in [-0.05, 0) is 6.42 Å². The van der Waals surface area contributed by atoms with E-state index in [9.17, 15) is 19.7 Å². The molecule has 0 radical (unpaired) electrons. The van der Waals surface area contributed by atoms with Gasteiger partial charge in [0.2, 0.25) is 5.78 Å². The molecule has 5 heteroatoms. The lowest BCUT2D eigenvalue weighted by atomic mass is 9.68. The fourth-order valence-electron chi connectivity index (χ4n) is 3.15. The maximum atomic E-state index is 11.8. The zero-order valence-electron chi connectivity index (χ0n) is 8.99. The van der Waals surface area contributed by atoms with E-state index in [0.717, 1.165) is 0 Å². The van der Waals surface area contributed by atoms with Gasteiger partial charge in [-0.1, -0.05) is 20.8 Å². The molecule has 2 fully saturated rings. The molecule has 0 aromatic carbocycles. The SMILES string of the molecule is CC1(C)[C@@]2(C)CC[C@]1([N+](=O)[O-])C(=O)C2=O. The molecule has 2 aliphatic rings.